The Labute approximate surface area is 96.5 Å². The van der Waals surface area contributed by atoms with E-state index in [9.17, 15) is 9.18 Å². The first-order valence-electron chi connectivity index (χ1n) is 4.25. The second-order valence-electron chi connectivity index (χ2n) is 3.00. The van der Waals surface area contributed by atoms with Gasteiger partial charge in [0, 0.05) is 12.1 Å². The summed E-state index contributed by atoms with van der Waals surface area (Å²) in [6.45, 7) is 0. The molecule has 1 rings (SSSR count). The van der Waals surface area contributed by atoms with Gasteiger partial charge in [0.25, 0.3) is 0 Å². The van der Waals surface area contributed by atoms with Gasteiger partial charge in [0.15, 0.2) is 5.96 Å². The lowest BCUT2D eigenvalue weighted by molar-refractivity contribution is 0.251. The van der Waals surface area contributed by atoms with Crippen LogP contribution in [0.3, 0.4) is 0 Å². The Hall–Kier alpha value is -1.82. The Morgan fingerprint density at radius 2 is 2.25 bits per heavy atom. The fourth-order valence-electron chi connectivity index (χ4n) is 1.06. The first-order valence-corrected chi connectivity index (χ1v) is 4.63. The monoisotopic (exact) mass is 244 g/mol. The number of urea groups is 1. The van der Waals surface area contributed by atoms with Crippen molar-refractivity contribution >= 4 is 29.3 Å². The predicted molar refractivity (Wildman–Crippen MR) is 60.3 cm³/mol. The summed E-state index contributed by atoms with van der Waals surface area (Å²) in [4.78, 5) is 12.4. The standard InChI is InChI=1S/C9H10ClFN4O/c1-15(9(16)14-8(12)13)7-3-2-5(10)4-6(7)11/h2-4H,1H3,(H4,12,13,14,16). The molecule has 0 heterocycles. The highest BCUT2D eigenvalue weighted by Crippen LogP contribution is 2.21. The van der Waals surface area contributed by atoms with E-state index in [4.69, 9.17) is 22.7 Å². The van der Waals surface area contributed by atoms with Gasteiger partial charge in [-0.15, -0.1) is 0 Å². The number of carbonyl (C=O) groups excluding carboxylic acids is 1. The minimum absolute atomic E-state index is 0.0446. The average molecular weight is 245 g/mol. The van der Waals surface area contributed by atoms with Crippen LogP contribution in [0, 0.1) is 11.2 Å². The molecule has 0 fully saturated rings. The van der Waals surface area contributed by atoms with Crippen molar-refractivity contribution in [2.75, 3.05) is 11.9 Å². The van der Waals surface area contributed by atoms with Crippen LogP contribution in [0.25, 0.3) is 0 Å². The summed E-state index contributed by atoms with van der Waals surface area (Å²) in [5.74, 6) is -1.14. The maximum atomic E-state index is 13.4. The first-order chi connectivity index (χ1) is 7.41. The summed E-state index contributed by atoms with van der Waals surface area (Å²) in [5, 5.41) is 9.14. The smallest absolute Gasteiger partial charge is 0.328 e. The lowest BCUT2D eigenvalue weighted by Gasteiger charge is -2.18. The molecule has 0 aliphatic rings. The largest absolute Gasteiger partial charge is 0.370 e. The number of amides is 2. The summed E-state index contributed by atoms with van der Waals surface area (Å²) in [6.07, 6.45) is 0. The van der Waals surface area contributed by atoms with Gasteiger partial charge < -0.3 is 5.73 Å². The number of nitrogens with one attached hydrogen (secondary N) is 2. The third kappa shape index (κ3) is 2.83. The summed E-state index contributed by atoms with van der Waals surface area (Å²) >= 11 is 5.57. The van der Waals surface area contributed by atoms with Crippen LogP contribution in [-0.4, -0.2) is 19.0 Å². The summed E-state index contributed by atoms with van der Waals surface area (Å²) in [6, 6.07) is 3.21. The number of anilines is 1. The van der Waals surface area contributed by atoms with Crippen LogP contribution in [-0.2, 0) is 0 Å². The SMILES string of the molecule is CN(C(=O)NC(=N)N)c1ccc(Cl)cc1F. The van der Waals surface area contributed by atoms with Crippen molar-refractivity contribution in [2.45, 2.75) is 0 Å². The molecule has 1 aromatic carbocycles. The molecule has 0 bridgehead atoms. The quantitative estimate of drug-likeness (QED) is 0.517. The van der Waals surface area contributed by atoms with Crippen LogP contribution in [0.1, 0.15) is 0 Å². The maximum Gasteiger partial charge on any atom is 0.328 e. The van der Waals surface area contributed by atoms with E-state index >= 15 is 0 Å². The lowest BCUT2D eigenvalue weighted by atomic mass is 10.3. The number of rotatable bonds is 1. The van der Waals surface area contributed by atoms with Crippen molar-refractivity contribution in [1.82, 2.24) is 5.32 Å². The van der Waals surface area contributed by atoms with E-state index in [-0.39, 0.29) is 10.7 Å². The zero-order chi connectivity index (χ0) is 12.3. The fourth-order valence-corrected chi connectivity index (χ4v) is 1.22. The second kappa shape index (κ2) is 4.80. The van der Waals surface area contributed by atoms with Gasteiger partial charge in [-0.1, -0.05) is 11.6 Å². The molecule has 5 nitrogen and oxygen atoms in total. The molecule has 0 spiro atoms. The average Bonchev–Trinajstić information content (AvgIpc) is 2.15. The van der Waals surface area contributed by atoms with Crippen LogP contribution in [0.4, 0.5) is 14.9 Å². The predicted octanol–water partition coefficient (Wildman–Crippen LogP) is 1.52. The lowest BCUT2D eigenvalue weighted by Crippen LogP contribution is -2.44. The highest BCUT2D eigenvalue weighted by atomic mass is 35.5. The van der Waals surface area contributed by atoms with Gasteiger partial charge in [-0.3, -0.25) is 15.6 Å². The topological polar surface area (TPSA) is 82.2 Å². The Kier molecular flexibility index (Phi) is 3.68. The maximum absolute atomic E-state index is 13.4. The van der Waals surface area contributed by atoms with Crippen LogP contribution in [0.5, 0.6) is 0 Å². The Balaban J connectivity index is 2.91. The van der Waals surface area contributed by atoms with Gasteiger partial charge in [0.2, 0.25) is 0 Å². The van der Waals surface area contributed by atoms with Crippen LogP contribution >= 0.6 is 11.6 Å². The molecule has 0 saturated heterocycles. The van der Waals surface area contributed by atoms with E-state index in [0.717, 1.165) is 11.0 Å². The highest BCUT2D eigenvalue weighted by Gasteiger charge is 2.15. The number of hydrogen-bond acceptors (Lipinski definition) is 2. The van der Waals surface area contributed by atoms with Gasteiger partial charge >= 0.3 is 6.03 Å². The van der Waals surface area contributed by atoms with E-state index in [1.54, 1.807) is 0 Å². The van der Waals surface area contributed by atoms with E-state index in [0.29, 0.717) is 0 Å². The summed E-state index contributed by atoms with van der Waals surface area (Å²) in [7, 11) is 1.35. The van der Waals surface area contributed by atoms with Gasteiger partial charge in [-0.05, 0) is 18.2 Å². The number of hydrogen-bond donors (Lipinski definition) is 3. The molecule has 0 atom stereocenters. The van der Waals surface area contributed by atoms with Gasteiger partial charge in [0.1, 0.15) is 5.82 Å². The van der Waals surface area contributed by atoms with Crippen LogP contribution < -0.4 is 16.0 Å². The van der Waals surface area contributed by atoms with Crippen molar-refractivity contribution < 1.29 is 9.18 Å². The van der Waals surface area contributed by atoms with Gasteiger partial charge in [-0.25, -0.2) is 9.18 Å². The summed E-state index contributed by atoms with van der Waals surface area (Å²) < 4.78 is 13.4. The molecule has 0 aliphatic carbocycles. The van der Waals surface area contributed by atoms with E-state index in [1.165, 1.54) is 19.2 Å². The van der Waals surface area contributed by atoms with E-state index in [2.05, 4.69) is 0 Å². The minimum Gasteiger partial charge on any atom is -0.370 e. The number of nitrogens with zero attached hydrogens (tertiary/aromatic N) is 1. The van der Waals surface area contributed by atoms with Crippen molar-refractivity contribution in [1.29, 1.82) is 5.41 Å². The molecule has 0 radical (unpaired) electrons. The molecule has 86 valence electrons. The molecule has 4 N–H and O–H groups in total. The van der Waals surface area contributed by atoms with Crippen molar-refractivity contribution in [3.63, 3.8) is 0 Å². The van der Waals surface area contributed by atoms with Gasteiger partial charge in [-0.2, -0.15) is 0 Å². The second-order valence-corrected chi connectivity index (χ2v) is 3.44. The minimum atomic E-state index is -0.700. The zero-order valence-corrected chi connectivity index (χ0v) is 9.18. The molecule has 7 heteroatoms. The van der Waals surface area contributed by atoms with Crippen molar-refractivity contribution in [3.05, 3.63) is 29.0 Å². The number of guanidine groups is 1. The molecular weight excluding hydrogens is 235 g/mol. The van der Waals surface area contributed by atoms with Crippen LogP contribution in [0.15, 0.2) is 18.2 Å². The molecule has 16 heavy (non-hydrogen) atoms. The number of halogens is 2. The Morgan fingerprint density at radius 3 is 2.75 bits per heavy atom. The Morgan fingerprint density at radius 1 is 1.62 bits per heavy atom. The number of carbonyl (C=O) groups is 1. The zero-order valence-electron chi connectivity index (χ0n) is 8.42. The van der Waals surface area contributed by atoms with Crippen molar-refractivity contribution in [3.8, 4) is 0 Å². The van der Waals surface area contributed by atoms with Crippen LogP contribution in [0.2, 0.25) is 5.02 Å². The number of benzene rings is 1. The summed E-state index contributed by atoms with van der Waals surface area (Å²) in [5.41, 5.74) is 5.03. The van der Waals surface area contributed by atoms with E-state index in [1.807, 2.05) is 5.32 Å². The molecule has 2 amide bonds. The van der Waals surface area contributed by atoms with Gasteiger partial charge in [0.05, 0.1) is 5.69 Å². The molecule has 1 aromatic rings. The highest BCUT2D eigenvalue weighted by molar-refractivity contribution is 6.30. The third-order valence-corrected chi connectivity index (χ3v) is 2.05. The fraction of sp³-hybridized carbons (Fsp3) is 0.111. The normalized spacial score (nSPS) is 9.69. The molecular formula is C9H10ClFN4O. The van der Waals surface area contributed by atoms with Crippen molar-refractivity contribution in [2.24, 2.45) is 5.73 Å². The third-order valence-electron chi connectivity index (χ3n) is 1.82. The Bertz CT molecular complexity index is 438. The molecule has 0 unspecified atom stereocenters. The van der Waals surface area contributed by atoms with E-state index < -0.39 is 17.8 Å². The molecule has 0 aliphatic heterocycles. The molecule has 0 aromatic heterocycles. The first kappa shape index (κ1) is 12.3. The number of nitrogens with two attached hydrogens (primary N) is 1. The molecule has 0 saturated carbocycles.